The number of halogens is 3. The van der Waals surface area contributed by atoms with Gasteiger partial charge in [-0.3, -0.25) is 0 Å². The Balaban J connectivity index is 1.77. The molecule has 0 unspecified atom stereocenters. The standard InChI is InChI=1S/C16H11F3N2S/c17-16(18,19)13-7-5-11(6-8-13)10-22-15-14-4-2-1-3-12(14)9-20-21-15/h1-9H,10H2. The lowest BCUT2D eigenvalue weighted by molar-refractivity contribution is -0.137. The van der Waals surface area contributed by atoms with Gasteiger partial charge >= 0.3 is 6.18 Å². The topological polar surface area (TPSA) is 25.8 Å². The summed E-state index contributed by atoms with van der Waals surface area (Å²) in [6.07, 6.45) is -2.61. The Morgan fingerprint density at radius 3 is 2.41 bits per heavy atom. The predicted molar refractivity (Wildman–Crippen MR) is 80.5 cm³/mol. The van der Waals surface area contributed by atoms with E-state index in [9.17, 15) is 13.2 Å². The number of hydrogen-bond donors (Lipinski definition) is 0. The van der Waals surface area contributed by atoms with E-state index in [0.29, 0.717) is 5.75 Å². The van der Waals surface area contributed by atoms with Crippen molar-refractivity contribution in [3.63, 3.8) is 0 Å². The fourth-order valence-electron chi connectivity index (χ4n) is 2.05. The van der Waals surface area contributed by atoms with E-state index in [1.54, 1.807) is 6.20 Å². The van der Waals surface area contributed by atoms with Crippen LogP contribution >= 0.6 is 11.8 Å². The van der Waals surface area contributed by atoms with Gasteiger partial charge in [0.25, 0.3) is 0 Å². The largest absolute Gasteiger partial charge is 0.416 e. The van der Waals surface area contributed by atoms with E-state index in [1.807, 2.05) is 24.3 Å². The minimum atomic E-state index is -4.30. The van der Waals surface area contributed by atoms with Crippen molar-refractivity contribution in [3.8, 4) is 0 Å². The molecule has 0 amide bonds. The molecule has 0 saturated heterocycles. The van der Waals surface area contributed by atoms with Gasteiger partial charge in [0.1, 0.15) is 5.03 Å². The van der Waals surface area contributed by atoms with Crippen LogP contribution in [0, 0.1) is 0 Å². The summed E-state index contributed by atoms with van der Waals surface area (Å²) in [6.45, 7) is 0. The lowest BCUT2D eigenvalue weighted by atomic mass is 10.1. The van der Waals surface area contributed by atoms with Gasteiger partial charge in [-0.1, -0.05) is 48.2 Å². The van der Waals surface area contributed by atoms with Crippen LogP contribution in [-0.2, 0) is 11.9 Å². The van der Waals surface area contributed by atoms with Gasteiger partial charge in [-0.2, -0.15) is 18.3 Å². The highest BCUT2D eigenvalue weighted by Gasteiger charge is 2.29. The van der Waals surface area contributed by atoms with Crippen LogP contribution < -0.4 is 0 Å². The van der Waals surface area contributed by atoms with E-state index in [0.717, 1.165) is 33.5 Å². The molecule has 0 radical (unpaired) electrons. The third kappa shape index (κ3) is 3.22. The van der Waals surface area contributed by atoms with Gasteiger partial charge in [0.15, 0.2) is 0 Å². The zero-order valence-corrected chi connectivity index (χ0v) is 12.2. The molecular formula is C16H11F3N2S. The van der Waals surface area contributed by atoms with Crippen molar-refractivity contribution in [2.24, 2.45) is 0 Å². The molecule has 0 N–H and O–H groups in total. The smallest absolute Gasteiger partial charge is 0.166 e. The van der Waals surface area contributed by atoms with Crippen LogP contribution in [0.4, 0.5) is 13.2 Å². The van der Waals surface area contributed by atoms with Crippen molar-refractivity contribution >= 4 is 22.5 Å². The van der Waals surface area contributed by atoms with Crippen LogP contribution in [0.5, 0.6) is 0 Å². The Morgan fingerprint density at radius 1 is 0.955 bits per heavy atom. The molecule has 3 aromatic rings. The molecule has 0 aliphatic rings. The zero-order valence-electron chi connectivity index (χ0n) is 11.3. The van der Waals surface area contributed by atoms with Gasteiger partial charge in [0.05, 0.1) is 11.8 Å². The van der Waals surface area contributed by atoms with Crippen LogP contribution in [0.3, 0.4) is 0 Å². The summed E-state index contributed by atoms with van der Waals surface area (Å²) in [7, 11) is 0. The zero-order chi connectivity index (χ0) is 15.6. The van der Waals surface area contributed by atoms with Crippen LogP contribution in [0.25, 0.3) is 10.8 Å². The monoisotopic (exact) mass is 320 g/mol. The summed E-state index contributed by atoms with van der Waals surface area (Å²) in [6, 6.07) is 12.9. The van der Waals surface area contributed by atoms with Gasteiger partial charge < -0.3 is 0 Å². The molecule has 0 atom stereocenters. The molecule has 2 nitrogen and oxygen atoms in total. The summed E-state index contributed by atoms with van der Waals surface area (Å²) in [5, 5.41) is 10.8. The summed E-state index contributed by atoms with van der Waals surface area (Å²) in [5.41, 5.74) is 0.180. The second-order valence-electron chi connectivity index (χ2n) is 4.72. The first-order valence-electron chi connectivity index (χ1n) is 6.53. The number of fused-ring (bicyclic) bond motifs is 1. The van der Waals surface area contributed by atoms with Crippen LogP contribution in [0.2, 0.25) is 0 Å². The molecule has 0 aliphatic heterocycles. The number of benzene rings is 2. The number of rotatable bonds is 3. The molecule has 22 heavy (non-hydrogen) atoms. The van der Waals surface area contributed by atoms with Gasteiger partial charge in [-0.25, -0.2) is 0 Å². The normalized spacial score (nSPS) is 11.8. The van der Waals surface area contributed by atoms with Gasteiger partial charge in [0.2, 0.25) is 0 Å². The fraction of sp³-hybridized carbons (Fsp3) is 0.125. The lowest BCUT2D eigenvalue weighted by Crippen LogP contribution is -2.04. The van der Waals surface area contributed by atoms with Crippen LogP contribution in [0.1, 0.15) is 11.1 Å². The van der Waals surface area contributed by atoms with Crippen molar-refractivity contribution in [3.05, 3.63) is 65.9 Å². The number of alkyl halides is 3. The predicted octanol–water partition coefficient (Wildman–Crippen LogP) is 4.94. The van der Waals surface area contributed by atoms with Crippen molar-refractivity contribution in [2.75, 3.05) is 0 Å². The van der Waals surface area contributed by atoms with Crippen LogP contribution in [-0.4, -0.2) is 10.2 Å². The molecule has 3 rings (SSSR count). The molecule has 0 aliphatic carbocycles. The SMILES string of the molecule is FC(F)(F)c1ccc(CSc2nncc3ccccc23)cc1. The van der Waals surface area contributed by atoms with E-state index >= 15 is 0 Å². The fourth-order valence-corrected chi connectivity index (χ4v) is 2.99. The number of thioether (sulfide) groups is 1. The molecular weight excluding hydrogens is 309 g/mol. The molecule has 0 saturated carbocycles. The highest BCUT2D eigenvalue weighted by atomic mass is 32.2. The highest BCUT2D eigenvalue weighted by Crippen LogP contribution is 2.31. The summed E-state index contributed by atoms with van der Waals surface area (Å²) >= 11 is 1.46. The second kappa shape index (κ2) is 5.96. The van der Waals surface area contributed by atoms with E-state index in [-0.39, 0.29) is 0 Å². The Bertz CT molecular complexity index is 780. The number of aromatic nitrogens is 2. The Hall–Kier alpha value is -2.08. The molecule has 0 spiro atoms. The summed E-state index contributed by atoms with van der Waals surface area (Å²) < 4.78 is 37.6. The van der Waals surface area contributed by atoms with E-state index in [2.05, 4.69) is 10.2 Å². The molecule has 0 bridgehead atoms. The molecule has 1 heterocycles. The minimum Gasteiger partial charge on any atom is -0.166 e. The van der Waals surface area contributed by atoms with Crippen molar-refractivity contribution in [2.45, 2.75) is 17.0 Å². The average molecular weight is 320 g/mol. The number of hydrogen-bond acceptors (Lipinski definition) is 3. The second-order valence-corrected chi connectivity index (χ2v) is 5.68. The first kappa shape index (κ1) is 14.8. The first-order valence-corrected chi connectivity index (χ1v) is 7.52. The van der Waals surface area contributed by atoms with Crippen molar-refractivity contribution in [1.82, 2.24) is 10.2 Å². The maximum absolute atomic E-state index is 12.5. The molecule has 1 aromatic heterocycles. The minimum absolute atomic E-state index is 0.542. The highest BCUT2D eigenvalue weighted by molar-refractivity contribution is 7.98. The quantitative estimate of drug-likeness (QED) is 0.639. The third-order valence-electron chi connectivity index (χ3n) is 3.19. The first-order chi connectivity index (χ1) is 10.5. The Morgan fingerprint density at radius 2 is 1.68 bits per heavy atom. The Kier molecular flexibility index (Phi) is 4.02. The maximum Gasteiger partial charge on any atom is 0.416 e. The molecule has 2 aromatic carbocycles. The Labute approximate surface area is 129 Å². The summed E-state index contributed by atoms with van der Waals surface area (Å²) in [5.74, 6) is 0.542. The molecule has 112 valence electrons. The molecule has 6 heteroatoms. The number of nitrogens with zero attached hydrogens (tertiary/aromatic N) is 2. The van der Waals surface area contributed by atoms with Gasteiger partial charge in [0, 0.05) is 16.5 Å². The van der Waals surface area contributed by atoms with E-state index < -0.39 is 11.7 Å². The van der Waals surface area contributed by atoms with Crippen molar-refractivity contribution in [1.29, 1.82) is 0 Å². The van der Waals surface area contributed by atoms with Crippen molar-refractivity contribution < 1.29 is 13.2 Å². The maximum atomic E-state index is 12.5. The summed E-state index contributed by atoms with van der Waals surface area (Å²) in [4.78, 5) is 0. The van der Waals surface area contributed by atoms with E-state index in [4.69, 9.17) is 0 Å². The van der Waals surface area contributed by atoms with Gasteiger partial charge in [-0.05, 0) is 17.7 Å². The average Bonchev–Trinajstić information content (AvgIpc) is 2.52. The van der Waals surface area contributed by atoms with E-state index in [1.165, 1.54) is 23.9 Å². The van der Waals surface area contributed by atoms with Gasteiger partial charge in [-0.15, -0.1) is 5.10 Å². The van der Waals surface area contributed by atoms with Crippen LogP contribution in [0.15, 0.2) is 59.8 Å². The molecule has 0 fully saturated rings. The third-order valence-corrected chi connectivity index (χ3v) is 4.25. The lowest BCUT2D eigenvalue weighted by Gasteiger charge is -2.08.